The van der Waals surface area contributed by atoms with Crippen LogP contribution in [0, 0.1) is 12.8 Å². The predicted molar refractivity (Wildman–Crippen MR) is 68.0 cm³/mol. The lowest BCUT2D eigenvalue weighted by Crippen LogP contribution is -2.30. The quantitative estimate of drug-likeness (QED) is 0.643. The molecule has 1 aromatic rings. The fraction of sp³-hybridized carbons (Fsp3) is 0.500. The van der Waals surface area contributed by atoms with Crippen LogP contribution in [0.25, 0.3) is 0 Å². The molecule has 19 heavy (non-hydrogen) atoms. The molecule has 0 aromatic carbocycles. The molecule has 1 saturated carbocycles. The van der Waals surface area contributed by atoms with Crippen molar-refractivity contribution in [1.82, 2.24) is 15.3 Å². The molecule has 0 spiro atoms. The Balaban J connectivity index is 1.77. The lowest BCUT2D eigenvalue weighted by atomic mass is 10.2. The van der Waals surface area contributed by atoms with Crippen molar-refractivity contribution in [3.05, 3.63) is 17.5 Å². The summed E-state index contributed by atoms with van der Waals surface area (Å²) < 4.78 is 0. The summed E-state index contributed by atoms with van der Waals surface area (Å²) in [6.45, 7) is 2.62. The molecule has 1 aromatic heterocycles. The van der Waals surface area contributed by atoms with Crippen LogP contribution in [-0.4, -0.2) is 40.0 Å². The van der Waals surface area contributed by atoms with E-state index in [4.69, 9.17) is 5.11 Å². The Kier molecular flexibility index (Phi) is 3.94. The standard InChI is InChI=1S/C12H16N4O3/c1-7-9(11(18)19)6-15-12(16-7)14-5-4-13-10(17)8-2-3-8/h6,8H,2-5H2,1H3,(H,13,17)(H,18,19)(H,14,15,16). The van der Waals surface area contributed by atoms with E-state index < -0.39 is 5.97 Å². The molecule has 1 heterocycles. The molecule has 0 unspecified atom stereocenters. The summed E-state index contributed by atoms with van der Waals surface area (Å²) in [5.74, 6) is -0.377. The number of nitrogens with zero attached hydrogens (tertiary/aromatic N) is 2. The molecule has 7 nitrogen and oxygen atoms in total. The molecule has 2 rings (SSSR count). The molecule has 1 aliphatic rings. The molecule has 0 bridgehead atoms. The van der Waals surface area contributed by atoms with Gasteiger partial charge in [0.2, 0.25) is 11.9 Å². The van der Waals surface area contributed by atoms with E-state index in [1.807, 2.05) is 0 Å². The fourth-order valence-electron chi connectivity index (χ4n) is 1.61. The van der Waals surface area contributed by atoms with E-state index in [1.54, 1.807) is 6.92 Å². The summed E-state index contributed by atoms with van der Waals surface area (Å²) in [6.07, 6.45) is 3.24. The Labute approximate surface area is 110 Å². The molecule has 0 aliphatic heterocycles. The molecule has 0 radical (unpaired) electrons. The smallest absolute Gasteiger partial charge is 0.339 e. The summed E-state index contributed by atoms with van der Waals surface area (Å²) in [4.78, 5) is 30.1. The van der Waals surface area contributed by atoms with E-state index in [1.165, 1.54) is 6.20 Å². The lowest BCUT2D eigenvalue weighted by Gasteiger charge is -2.07. The second-order valence-corrected chi connectivity index (χ2v) is 4.49. The third-order valence-electron chi connectivity index (χ3n) is 2.87. The van der Waals surface area contributed by atoms with Gasteiger partial charge in [0.15, 0.2) is 0 Å². The number of carboxylic acids is 1. The van der Waals surface area contributed by atoms with E-state index in [2.05, 4.69) is 20.6 Å². The van der Waals surface area contributed by atoms with Gasteiger partial charge >= 0.3 is 5.97 Å². The van der Waals surface area contributed by atoms with Crippen LogP contribution in [-0.2, 0) is 4.79 Å². The SMILES string of the molecule is Cc1nc(NCCNC(=O)C2CC2)ncc1C(=O)O. The topological polar surface area (TPSA) is 104 Å². The third-order valence-corrected chi connectivity index (χ3v) is 2.87. The largest absolute Gasteiger partial charge is 0.478 e. The number of aryl methyl sites for hydroxylation is 1. The molecular formula is C12H16N4O3. The molecule has 3 N–H and O–H groups in total. The van der Waals surface area contributed by atoms with Crippen molar-refractivity contribution in [1.29, 1.82) is 0 Å². The minimum atomic E-state index is -1.04. The van der Waals surface area contributed by atoms with Crippen molar-refractivity contribution in [2.45, 2.75) is 19.8 Å². The number of carboxylic acid groups (broad SMARTS) is 1. The van der Waals surface area contributed by atoms with Crippen LogP contribution >= 0.6 is 0 Å². The third kappa shape index (κ3) is 3.64. The van der Waals surface area contributed by atoms with Crippen molar-refractivity contribution in [2.24, 2.45) is 5.92 Å². The summed E-state index contributed by atoms with van der Waals surface area (Å²) in [6, 6.07) is 0. The molecule has 1 fully saturated rings. The van der Waals surface area contributed by atoms with Gasteiger partial charge in [-0.05, 0) is 19.8 Å². The van der Waals surface area contributed by atoms with Gasteiger partial charge in [0.05, 0.1) is 11.3 Å². The highest BCUT2D eigenvalue weighted by Crippen LogP contribution is 2.28. The molecule has 1 amide bonds. The Morgan fingerprint density at radius 3 is 2.74 bits per heavy atom. The molecule has 0 atom stereocenters. The molecule has 102 valence electrons. The lowest BCUT2D eigenvalue weighted by molar-refractivity contribution is -0.122. The number of carbonyl (C=O) groups excluding carboxylic acids is 1. The van der Waals surface area contributed by atoms with Crippen molar-refractivity contribution in [2.75, 3.05) is 18.4 Å². The average molecular weight is 264 g/mol. The number of amides is 1. The van der Waals surface area contributed by atoms with E-state index in [0.29, 0.717) is 24.7 Å². The molecule has 7 heteroatoms. The van der Waals surface area contributed by atoms with Gasteiger partial charge in [-0.15, -0.1) is 0 Å². The predicted octanol–water partition coefficient (Wildman–Crippen LogP) is 0.421. The van der Waals surface area contributed by atoms with E-state index in [-0.39, 0.29) is 17.4 Å². The molecule has 0 saturated heterocycles. The first-order valence-electron chi connectivity index (χ1n) is 6.16. The second-order valence-electron chi connectivity index (χ2n) is 4.49. The summed E-state index contributed by atoms with van der Waals surface area (Å²) in [5.41, 5.74) is 0.500. The van der Waals surface area contributed by atoms with Crippen LogP contribution in [0.4, 0.5) is 5.95 Å². The van der Waals surface area contributed by atoms with Crippen molar-refractivity contribution >= 4 is 17.8 Å². The number of hydrogen-bond acceptors (Lipinski definition) is 5. The van der Waals surface area contributed by atoms with E-state index >= 15 is 0 Å². The number of aromatic carboxylic acids is 1. The Hall–Kier alpha value is -2.18. The summed E-state index contributed by atoms with van der Waals surface area (Å²) in [7, 11) is 0. The number of aromatic nitrogens is 2. The van der Waals surface area contributed by atoms with Gasteiger partial charge in [-0.25, -0.2) is 14.8 Å². The zero-order valence-electron chi connectivity index (χ0n) is 10.6. The Bertz CT molecular complexity index is 500. The maximum atomic E-state index is 11.4. The van der Waals surface area contributed by atoms with Crippen LogP contribution in [0.15, 0.2) is 6.20 Å². The zero-order chi connectivity index (χ0) is 13.8. The monoisotopic (exact) mass is 264 g/mol. The first-order chi connectivity index (χ1) is 9.08. The van der Waals surface area contributed by atoms with Gasteiger partial charge in [0.25, 0.3) is 0 Å². The maximum absolute atomic E-state index is 11.4. The first-order valence-corrected chi connectivity index (χ1v) is 6.16. The maximum Gasteiger partial charge on any atom is 0.339 e. The van der Waals surface area contributed by atoms with Crippen LogP contribution in [0.2, 0.25) is 0 Å². The number of nitrogens with one attached hydrogen (secondary N) is 2. The van der Waals surface area contributed by atoms with Gasteiger partial charge in [0, 0.05) is 25.2 Å². The normalized spacial score (nSPS) is 13.9. The minimum absolute atomic E-state index is 0.0904. The highest BCUT2D eigenvalue weighted by atomic mass is 16.4. The van der Waals surface area contributed by atoms with Crippen molar-refractivity contribution in [3.8, 4) is 0 Å². The Morgan fingerprint density at radius 1 is 1.42 bits per heavy atom. The highest BCUT2D eigenvalue weighted by Gasteiger charge is 2.28. The molecular weight excluding hydrogens is 248 g/mol. The number of carbonyl (C=O) groups is 2. The molecule has 1 aliphatic carbocycles. The second kappa shape index (κ2) is 5.64. The van der Waals surface area contributed by atoms with Gasteiger partial charge < -0.3 is 15.7 Å². The van der Waals surface area contributed by atoms with Gasteiger partial charge in [-0.1, -0.05) is 0 Å². The number of hydrogen-bond donors (Lipinski definition) is 3. The van der Waals surface area contributed by atoms with Crippen LogP contribution in [0.3, 0.4) is 0 Å². The van der Waals surface area contributed by atoms with E-state index in [9.17, 15) is 9.59 Å². The highest BCUT2D eigenvalue weighted by molar-refractivity contribution is 5.88. The van der Waals surface area contributed by atoms with Gasteiger partial charge in [-0.2, -0.15) is 0 Å². The van der Waals surface area contributed by atoms with Crippen molar-refractivity contribution in [3.63, 3.8) is 0 Å². The minimum Gasteiger partial charge on any atom is -0.478 e. The van der Waals surface area contributed by atoms with E-state index in [0.717, 1.165) is 12.8 Å². The van der Waals surface area contributed by atoms with Crippen LogP contribution in [0.1, 0.15) is 28.9 Å². The van der Waals surface area contributed by atoms with Crippen LogP contribution in [0.5, 0.6) is 0 Å². The van der Waals surface area contributed by atoms with Gasteiger partial charge in [-0.3, -0.25) is 4.79 Å². The summed E-state index contributed by atoms with van der Waals surface area (Å²) >= 11 is 0. The average Bonchev–Trinajstić information content (AvgIpc) is 3.18. The number of rotatable bonds is 6. The number of anilines is 1. The first kappa shape index (κ1) is 13.3. The fourth-order valence-corrected chi connectivity index (χ4v) is 1.61. The zero-order valence-corrected chi connectivity index (χ0v) is 10.6. The summed E-state index contributed by atoms with van der Waals surface area (Å²) in [5, 5.41) is 14.6. The van der Waals surface area contributed by atoms with Gasteiger partial charge in [0.1, 0.15) is 0 Å². The van der Waals surface area contributed by atoms with Crippen molar-refractivity contribution < 1.29 is 14.7 Å². The Morgan fingerprint density at radius 2 is 2.16 bits per heavy atom. The van der Waals surface area contributed by atoms with Crippen LogP contribution < -0.4 is 10.6 Å².